The van der Waals surface area contributed by atoms with Crippen LogP contribution in [0.1, 0.15) is 51.7 Å². The Morgan fingerprint density at radius 1 is 1.35 bits per heavy atom. The van der Waals surface area contributed by atoms with Crippen molar-refractivity contribution < 1.29 is 9.52 Å². The first-order valence-corrected chi connectivity index (χ1v) is 8.15. The highest BCUT2D eigenvalue weighted by Gasteiger charge is 2.29. The van der Waals surface area contributed by atoms with E-state index in [-0.39, 0.29) is 6.10 Å². The summed E-state index contributed by atoms with van der Waals surface area (Å²) < 4.78 is 5.44. The Morgan fingerprint density at radius 2 is 2.20 bits per heavy atom. The number of rotatable bonds is 7. The highest BCUT2D eigenvalue weighted by atomic mass is 16.3. The van der Waals surface area contributed by atoms with Crippen molar-refractivity contribution in [1.82, 2.24) is 4.90 Å². The van der Waals surface area contributed by atoms with E-state index in [1.54, 1.807) is 6.26 Å². The molecule has 0 aromatic carbocycles. The maximum absolute atomic E-state index is 10.3. The molecule has 0 saturated heterocycles. The molecule has 1 aromatic rings. The Bertz CT molecular complexity index is 363. The number of aliphatic hydroxyl groups is 1. The highest BCUT2D eigenvalue weighted by molar-refractivity contribution is 4.98. The topological polar surface area (TPSA) is 36.6 Å². The maximum atomic E-state index is 10.3. The van der Waals surface area contributed by atoms with E-state index in [0.717, 1.165) is 37.7 Å². The van der Waals surface area contributed by atoms with Gasteiger partial charge in [-0.15, -0.1) is 0 Å². The molecule has 20 heavy (non-hydrogen) atoms. The lowest BCUT2D eigenvalue weighted by Gasteiger charge is -2.36. The van der Waals surface area contributed by atoms with E-state index in [1.807, 2.05) is 12.1 Å². The van der Waals surface area contributed by atoms with Crippen LogP contribution in [0.25, 0.3) is 0 Å². The van der Waals surface area contributed by atoms with Crippen molar-refractivity contribution in [3.63, 3.8) is 0 Å². The molecule has 0 bridgehead atoms. The Balaban J connectivity index is 1.87. The van der Waals surface area contributed by atoms with Crippen LogP contribution in [0.2, 0.25) is 0 Å². The first-order valence-electron chi connectivity index (χ1n) is 8.15. The second-order valence-corrected chi connectivity index (χ2v) is 6.20. The fourth-order valence-electron chi connectivity index (χ4n) is 3.47. The molecule has 3 atom stereocenters. The molecule has 1 N–H and O–H groups in total. The molecular formula is C17H29NO2. The summed E-state index contributed by atoms with van der Waals surface area (Å²) in [5, 5.41) is 10.3. The van der Waals surface area contributed by atoms with Gasteiger partial charge in [0.25, 0.3) is 0 Å². The molecule has 114 valence electrons. The Labute approximate surface area is 123 Å². The number of hydrogen-bond acceptors (Lipinski definition) is 3. The van der Waals surface area contributed by atoms with Crippen molar-refractivity contribution in [3.8, 4) is 0 Å². The zero-order valence-corrected chi connectivity index (χ0v) is 12.9. The van der Waals surface area contributed by atoms with Gasteiger partial charge in [0.2, 0.25) is 0 Å². The molecule has 3 unspecified atom stereocenters. The molecule has 0 amide bonds. The summed E-state index contributed by atoms with van der Waals surface area (Å²) in [7, 11) is 0. The molecule has 1 saturated carbocycles. The summed E-state index contributed by atoms with van der Waals surface area (Å²) in [4.78, 5) is 2.39. The first kappa shape index (κ1) is 15.6. The smallest absolute Gasteiger partial charge is 0.117 e. The molecule has 1 heterocycles. The van der Waals surface area contributed by atoms with Crippen molar-refractivity contribution in [1.29, 1.82) is 0 Å². The van der Waals surface area contributed by atoms with Gasteiger partial charge in [0.1, 0.15) is 5.76 Å². The predicted octanol–water partition coefficient (Wildman–Crippen LogP) is 3.68. The van der Waals surface area contributed by atoms with Gasteiger partial charge in [-0.25, -0.2) is 0 Å². The lowest BCUT2D eigenvalue weighted by atomic mass is 9.77. The van der Waals surface area contributed by atoms with Crippen LogP contribution in [-0.2, 0) is 6.54 Å². The number of nitrogens with zero attached hydrogens (tertiary/aromatic N) is 1. The van der Waals surface area contributed by atoms with E-state index in [1.165, 1.54) is 25.7 Å². The maximum Gasteiger partial charge on any atom is 0.117 e. The van der Waals surface area contributed by atoms with Crippen molar-refractivity contribution in [2.45, 2.75) is 58.6 Å². The normalized spacial score (nSPS) is 27.1. The monoisotopic (exact) mass is 279 g/mol. The van der Waals surface area contributed by atoms with Crippen LogP contribution in [0.3, 0.4) is 0 Å². The van der Waals surface area contributed by atoms with E-state index in [9.17, 15) is 5.11 Å². The van der Waals surface area contributed by atoms with Crippen LogP contribution in [0.5, 0.6) is 0 Å². The molecule has 0 aliphatic heterocycles. The summed E-state index contributed by atoms with van der Waals surface area (Å²) in [6.45, 7) is 7.28. The Morgan fingerprint density at radius 3 is 2.85 bits per heavy atom. The third kappa shape index (κ3) is 4.35. The molecule has 1 aromatic heterocycles. The highest BCUT2D eigenvalue weighted by Crippen LogP contribution is 2.32. The fraction of sp³-hybridized carbons (Fsp3) is 0.765. The van der Waals surface area contributed by atoms with Gasteiger partial charge >= 0.3 is 0 Å². The van der Waals surface area contributed by atoms with Crippen LogP contribution in [0.15, 0.2) is 22.8 Å². The van der Waals surface area contributed by atoms with Crippen LogP contribution in [-0.4, -0.2) is 29.2 Å². The van der Waals surface area contributed by atoms with Gasteiger partial charge in [-0.1, -0.05) is 26.7 Å². The van der Waals surface area contributed by atoms with E-state index in [0.29, 0.717) is 5.92 Å². The summed E-state index contributed by atoms with van der Waals surface area (Å²) in [5.41, 5.74) is 0. The number of hydrogen-bond donors (Lipinski definition) is 1. The molecule has 3 nitrogen and oxygen atoms in total. The van der Waals surface area contributed by atoms with E-state index in [4.69, 9.17) is 4.42 Å². The van der Waals surface area contributed by atoms with Gasteiger partial charge < -0.3 is 9.52 Å². The third-order valence-electron chi connectivity index (χ3n) is 4.65. The zero-order valence-electron chi connectivity index (χ0n) is 12.9. The van der Waals surface area contributed by atoms with Crippen LogP contribution < -0.4 is 0 Å². The lowest BCUT2D eigenvalue weighted by molar-refractivity contribution is 0.0241. The predicted molar refractivity (Wildman–Crippen MR) is 81.4 cm³/mol. The average Bonchev–Trinajstić information content (AvgIpc) is 2.95. The molecule has 1 fully saturated rings. The summed E-state index contributed by atoms with van der Waals surface area (Å²) >= 11 is 0. The molecule has 0 radical (unpaired) electrons. The average molecular weight is 279 g/mol. The van der Waals surface area contributed by atoms with Crippen LogP contribution in [0.4, 0.5) is 0 Å². The van der Waals surface area contributed by atoms with E-state index >= 15 is 0 Å². The minimum absolute atomic E-state index is 0.117. The van der Waals surface area contributed by atoms with Gasteiger partial charge in [-0.2, -0.15) is 0 Å². The van der Waals surface area contributed by atoms with Crippen molar-refractivity contribution in [2.75, 3.05) is 13.1 Å². The minimum Gasteiger partial charge on any atom is -0.468 e. The molecule has 1 aliphatic carbocycles. The zero-order chi connectivity index (χ0) is 14.4. The van der Waals surface area contributed by atoms with Crippen LogP contribution >= 0.6 is 0 Å². The molecular weight excluding hydrogens is 250 g/mol. The molecule has 1 aliphatic rings. The summed E-state index contributed by atoms with van der Waals surface area (Å²) in [5.74, 6) is 2.26. The third-order valence-corrected chi connectivity index (χ3v) is 4.65. The Kier molecular flexibility index (Phi) is 6.11. The van der Waals surface area contributed by atoms with Crippen LogP contribution in [0, 0.1) is 11.8 Å². The van der Waals surface area contributed by atoms with Crippen molar-refractivity contribution in [2.24, 2.45) is 11.8 Å². The summed E-state index contributed by atoms with van der Waals surface area (Å²) in [6, 6.07) is 3.97. The van der Waals surface area contributed by atoms with Gasteiger partial charge in [-0.3, -0.25) is 4.90 Å². The van der Waals surface area contributed by atoms with Gasteiger partial charge in [0.05, 0.1) is 18.9 Å². The van der Waals surface area contributed by atoms with Gasteiger partial charge in [-0.05, 0) is 49.8 Å². The minimum atomic E-state index is -0.117. The molecule has 2 rings (SSSR count). The van der Waals surface area contributed by atoms with Gasteiger partial charge in [0.15, 0.2) is 0 Å². The second-order valence-electron chi connectivity index (χ2n) is 6.20. The number of aliphatic hydroxyl groups excluding tert-OH is 1. The van der Waals surface area contributed by atoms with Gasteiger partial charge in [0, 0.05) is 6.54 Å². The number of furan rings is 1. The lowest BCUT2D eigenvalue weighted by Crippen LogP contribution is -2.38. The van der Waals surface area contributed by atoms with Crippen molar-refractivity contribution >= 4 is 0 Å². The van der Waals surface area contributed by atoms with E-state index in [2.05, 4.69) is 18.7 Å². The van der Waals surface area contributed by atoms with Crippen molar-refractivity contribution in [3.05, 3.63) is 24.2 Å². The quantitative estimate of drug-likeness (QED) is 0.827. The standard InChI is InChI=1S/C17H29NO2/c1-3-6-14-8-9-17(19)15(11-14)12-18(4-2)13-16-7-5-10-20-16/h5,7,10,14-15,17,19H,3-4,6,8-9,11-13H2,1-2H3. The SMILES string of the molecule is CCCC1CCC(O)C(CN(CC)Cc2ccco2)C1. The summed E-state index contributed by atoms with van der Waals surface area (Å²) in [6.07, 6.45) is 7.56. The Hall–Kier alpha value is -0.800. The second kappa shape index (κ2) is 7.84. The largest absolute Gasteiger partial charge is 0.468 e. The molecule has 3 heteroatoms. The first-order chi connectivity index (χ1) is 9.72. The fourth-order valence-corrected chi connectivity index (χ4v) is 3.47. The molecule has 0 spiro atoms. The van der Waals surface area contributed by atoms with E-state index < -0.39 is 0 Å².